The van der Waals surface area contributed by atoms with E-state index in [9.17, 15) is 4.79 Å². The summed E-state index contributed by atoms with van der Waals surface area (Å²) >= 11 is 0. The molecule has 0 bridgehead atoms. The normalized spacial score (nSPS) is 15.8. The molecule has 1 rings (SSSR count). The molecule has 0 aliphatic rings. The predicted octanol–water partition coefficient (Wildman–Crippen LogP) is 2.49. The van der Waals surface area contributed by atoms with E-state index in [1.807, 2.05) is 26.0 Å². The van der Waals surface area contributed by atoms with Crippen molar-refractivity contribution in [1.82, 2.24) is 10.6 Å². The third kappa shape index (κ3) is 5.92. The smallest absolute Gasteiger partial charge is 0.237 e. The first-order valence-corrected chi connectivity index (χ1v) is 7.11. The number of hydrogen-bond acceptors (Lipinski definition) is 3. The highest BCUT2D eigenvalue weighted by Gasteiger charge is 2.17. The molecule has 0 spiro atoms. The van der Waals surface area contributed by atoms with Crippen LogP contribution in [0.5, 0.6) is 0 Å². The Labute approximate surface area is 116 Å². The Kier molecular flexibility index (Phi) is 6.64. The molecule has 2 N–H and O–H groups in total. The minimum Gasteiger partial charge on any atom is -0.469 e. The molecule has 19 heavy (non-hydrogen) atoms. The van der Waals surface area contributed by atoms with E-state index < -0.39 is 0 Å². The van der Waals surface area contributed by atoms with E-state index in [0.29, 0.717) is 0 Å². The topological polar surface area (TPSA) is 54.3 Å². The molecule has 1 aromatic rings. The van der Waals surface area contributed by atoms with Gasteiger partial charge >= 0.3 is 0 Å². The van der Waals surface area contributed by atoms with Gasteiger partial charge in [0.05, 0.1) is 12.3 Å². The van der Waals surface area contributed by atoms with Gasteiger partial charge in [-0.25, -0.2) is 0 Å². The minimum absolute atomic E-state index is 0.0623. The van der Waals surface area contributed by atoms with E-state index in [2.05, 4.69) is 24.5 Å². The van der Waals surface area contributed by atoms with Crippen LogP contribution in [0.3, 0.4) is 0 Å². The zero-order chi connectivity index (χ0) is 14.3. The SMILES string of the molecule is CCCC(C)NC(=O)C(C)NC(C)Cc1ccco1. The summed E-state index contributed by atoms with van der Waals surface area (Å²) in [5, 5.41) is 6.31. The lowest BCUT2D eigenvalue weighted by Crippen LogP contribution is -2.48. The highest BCUT2D eigenvalue weighted by atomic mass is 16.3. The fourth-order valence-corrected chi connectivity index (χ4v) is 2.16. The number of nitrogens with one attached hydrogen (secondary N) is 2. The van der Waals surface area contributed by atoms with Crippen LogP contribution < -0.4 is 10.6 Å². The molecule has 0 fully saturated rings. The van der Waals surface area contributed by atoms with Crippen molar-refractivity contribution < 1.29 is 9.21 Å². The predicted molar refractivity (Wildman–Crippen MR) is 77.0 cm³/mol. The monoisotopic (exact) mass is 266 g/mol. The van der Waals surface area contributed by atoms with Crippen molar-refractivity contribution >= 4 is 5.91 Å². The molecule has 1 amide bonds. The van der Waals surface area contributed by atoms with Crippen LogP contribution in [0.1, 0.15) is 46.3 Å². The Morgan fingerprint density at radius 3 is 2.63 bits per heavy atom. The number of carbonyl (C=O) groups is 1. The second kappa shape index (κ2) is 8.00. The minimum atomic E-state index is -0.190. The second-order valence-corrected chi connectivity index (χ2v) is 5.27. The maximum atomic E-state index is 12.0. The quantitative estimate of drug-likeness (QED) is 0.760. The fourth-order valence-electron chi connectivity index (χ4n) is 2.16. The standard InChI is InChI=1S/C15H26N2O2/c1-5-7-11(2)17-15(18)13(4)16-12(3)10-14-8-6-9-19-14/h6,8-9,11-13,16H,5,7,10H2,1-4H3,(H,17,18). The van der Waals surface area contributed by atoms with Crippen molar-refractivity contribution in [3.05, 3.63) is 24.2 Å². The summed E-state index contributed by atoms with van der Waals surface area (Å²) in [6.45, 7) is 8.12. The van der Waals surface area contributed by atoms with Gasteiger partial charge in [0.1, 0.15) is 5.76 Å². The Morgan fingerprint density at radius 1 is 1.32 bits per heavy atom. The number of carbonyl (C=O) groups excluding carboxylic acids is 1. The van der Waals surface area contributed by atoms with Crippen molar-refractivity contribution in [2.75, 3.05) is 0 Å². The first-order chi connectivity index (χ1) is 9.02. The number of hydrogen-bond donors (Lipinski definition) is 2. The summed E-state index contributed by atoms with van der Waals surface area (Å²) in [4.78, 5) is 12.0. The Bertz CT molecular complexity index is 362. The van der Waals surface area contributed by atoms with Crippen molar-refractivity contribution in [2.45, 2.75) is 65.1 Å². The molecular formula is C15H26N2O2. The summed E-state index contributed by atoms with van der Waals surface area (Å²) in [6.07, 6.45) is 4.55. The number of rotatable bonds is 8. The zero-order valence-corrected chi connectivity index (χ0v) is 12.4. The van der Waals surface area contributed by atoms with Gasteiger partial charge in [0.15, 0.2) is 0 Å². The first kappa shape index (κ1) is 15.8. The van der Waals surface area contributed by atoms with Crippen LogP contribution in [0.4, 0.5) is 0 Å². The van der Waals surface area contributed by atoms with Gasteiger partial charge in [-0.15, -0.1) is 0 Å². The van der Waals surface area contributed by atoms with Gasteiger partial charge in [0.25, 0.3) is 0 Å². The van der Waals surface area contributed by atoms with Gasteiger partial charge in [-0.05, 0) is 39.3 Å². The molecule has 0 aromatic carbocycles. The maximum Gasteiger partial charge on any atom is 0.237 e. The van der Waals surface area contributed by atoms with Crippen molar-refractivity contribution in [3.8, 4) is 0 Å². The van der Waals surface area contributed by atoms with E-state index in [1.165, 1.54) is 0 Å². The summed E-state index contributed by atoms with van der Waals surface area (Å²) in [5.74, 6) is 0.999. The number of amides is 1. The van der Waals surface area contributed by atoms with Crippen LogP contribution in [-0.2, 0) is 11.2 Å². The third-order valence-corrected chi connectivity index (χ3v) is 3.13. The van der Waals surface area contributed by atoms with Gasteiger partial charge in [-0.2, -0.15) is 0 Å². The lowest BCUT2D eigenvalue weighted by atomic mass is 10.1. The second-order valence-electron chi connectivity index (χ2n) is 5.27. The first-order valence-electron chi connectivity index (χ1n) is 7.11. The summed E-state index contributed by atoms with van der Waals surface area (Å²) in [5.41, 5.74) is 0. The van der Waals surface area contributed by atoms with Crippen molar-refractivity contribution in [1.29, 1.82) is 0 Å². The van der Waals surface area contributed by atoms with Crippen molar-refractivity contribution in [3.63, 3.8) is 0 Å². The van der Waals surface area contributed by atoms with E-state index in [1.54, 1.807) is 6.26 Å². The molecule has 108 valence electrons. The van der Waals surface area contributed by atoms with Crippen LogP contribution in [0, 0.1) is 0 Å². The average molecular weight is 266 g/mol. The lowest BCUT2D eigenvalue weighted by Gasteiger charge is -2.21. The average Bonchev–Trinajstić information content (AvgIpc) is 2.81. The largest absolute Gasteiger partial charge is 0.469 e. The van der Waals surface area contributed by atoms with Crippen LogP contribution in [0.2, 0.25) is 0 Å². The Balaban J connectivity index is 2.32. The molecule has 3 unspecified atom stereocenters. The summed E-state index contributed by atoms with van der Waals surface area (Å²) in [7, 11) is 0. The molecule has 0 saturated heterocycles. The Morgan fingerprint density at radius 2 is 2.05 bits per heavy atom. The number of furan rings is 1. The van der Waals surface area contributed by atoms with Gasteiger partial charge < -0.3 is 15.1 Å². The fraction of sp³-hybridized carbons (Fsp3) is 0.667. The van der Waals surface area contributed by atoms with E-state index in [0.717, 1.165) is 25.0 Å². The van der Waals surface area contributed by atoms with Crippen molar-refractivity contribution in [2.24, 2.45) is 0 Å². The van der Waals surface area contributed by atoms with E-state index in [-0.39, 0.29) is 24.0 Å². The summed E-state index contributed by atoms with van der Waals surface area (Å²) < 4.78 is 5.30. The lowest BCUT2D eigenvalue weighted by molar-refractivity contribution is -0.123. The molecule has 4 heteroatoms. The molecule has 0 aliphatic heterocycles. The molecule has 0 saturated carbocycles. The highest BCUT2D eigenvalue weighted by Crippen LogP contribution is 2.04. The Hall–Kier alpha value is -1.29. The zero-order valence-electron chi connectivity index (χ0n) is 12.4. The van der Waals surface area contributed by atoms with Crippen LogP contribution >= 0.6 is 0 Å². The van der Waals surface area contributed by atoms with Gasteiger partial charge in [0, 0.05) is 18.5 Å². The third-order valence-electron chi connectivity index (χ3n) is 3.13. The van der Waals surface area contributed by atoms with Crippen LogP contribution in [-0.4, -0.2) is 24.0 Å². The van der Waals surface area contributed by atoms with E-state index >= 15 is 0 Å². The maximum absolute atomic E-state index is 12.0. The van der Waals surface area contributed by atoms with Crippen LogP contribution in [0.25, 0.3) is 0 Å². The molecule has 0 aliphatic carbocycles. The highest BCUT2D eigenvalue weighted by molar-refractivity contribution is 5.81. The van der Waals surface area contributed by atoms with Gasteiger partial charge in [-0.1, -0.05) is 13.3 Å². The molecule has 3 atom stereocenters. The van der Waals surface area contributed by atoms with Gasteiger partial charge in [0.2, 0.25) is 5.91 Å². The molecule has 1 aromatic heterocycles. The molecule has 4 nitrogen and oxygen atoms in total. The summed E-state index contributed by atoms with van der Waals surface area (Å²) in [6, 6.07) is 4.08. The van der Waals surface area contributed by atoms with E-state index in [4.69, 9.17) is 4.42 Å². The van der Waals surface area contributed by atoms with Gasteiger partial charge in [-0.3, -0.25) is 4.79 Å². The molecule has 0 radical (unpaired) electrons. The van der Waals surface area contributed by atoms with Crippen LogP contribution in [0.15, 0.2) is 22.8 Å². The molecule has 1 heterocycles. The molecular weight excluding hydrogens is 240 g/mol.